The number of aliphatic hydroxyl groups excluding tert-OH is 2. The molecule has 0 amide bonds. The molecule has 3 N–H and O–H groups in total. The third kappa shape index (κ3) is 9.48. The summed E-state index contributed by atoms with van der Waals surface area (Å²) >= 11 is 0. The molecule has 0 saturated carbocycles. The summed E-state index contributed by atoms with van der Waals surface area (Å²) < 4.78 is 0. The molecule has 0 bridgehead atoms. The fraction of sp³-hybridized carbons (Fsp3) is 0.900. The number of rotatable bonds is 9. The average Bonchev–Trinajstić information content (AvgIpc) is 2.10. The number of unbranched alkanes of at least 4 members (excludes halogenated alkanes) is 4. The predicted molar refractivity (Wildman–Crippen MR) is 53.0 cm³/mol. The number of aliphatic carboxylic acids is 1. The van der Waals surface area contributed by atoms with Gasteiger partial charge in [-0.1, -0.05) is 25.7 Å². The van der Waals surface area contributed by atoms with Crippen LogP contribution in [0.4, 0.5) is 0 Å². The molecule has 0 aliphatic heterocycles. The van der Waals surface area contributed by atoms with E-state index in [2.05, 4.69) is 0 Å². The second-order valence-electron chi connectivity index (χ2n) is 3.53. The lowest BCUT2D eigenvalue weighted by Gasteiger charge is -2.06. The van der Waals surface area contributed by atoms with Gasteiger partial charge in [0.15, 0.2) is 0 Å². The van der Waals surface area contributed by atoms with Gasteiger partial charge in [0.1, 0.15) is 0 Å². The van der Waals surface area contributed by atoms with Crippen molar-refractivity contribution in [2.75, 3.05) is 6.61 Å². The smallest absolute Gasteiger partial charge is 0.305 e. The Kier molecular flexibility index (Phi) is 8.57. The zero-order valence-electron chi connectivity index (χ0n) is 8.48. The molecule has 0 aliphatic rings. The van der Waals surface area contributed by atoms with Gasteiger partial charge in [0.05, 0.1) is 12.5 Å². The van der Waals surface area contributed by atoms with Crippen molar-refractivity contribution in [2.45, 2.75) is 51.0 Å². The highest BCUT2D eigenvalue weighted by atomic mass is 16.4. The van der Waals surface area contributed by atoms with Gasteiger partial charge >= 0.3 is 5.97 Å². The first-order chi connectivity index (χ1) is 6.66. The molecule has 4 heteroatoms. The van der Waals surface area contributed by atoms with Crippen LogP contribution in [0.1, 0.15) is 44.9 Å². The SMILES string of the molecule is O=C(O)C[C@@H](O)CCCCCCCO. The van der Waals surface area contributed by atoms with Gasteiger partial charge in [-0.05, 0) is 12.8 Å². The second kappa shape index (κ2) is 8.97. The van der Waals surface area contributed by atoms with Gasteiger partial charge in [-0.2, -0.15) is 0 Å². The fourth-order valence-electron chi connectivity index (χ4n) is 1.33. The number of carboxylic acid groups (broad SMARTS) is 1. The van der Waals surface area contributed by atoms with Crippen molar-refractivity contribution >= 4 is 5.97 Å². The van der Waals surface area contributed by atoms with E-state index in [1.54, 1.807) is 0 Å². The lowest BCUT2D eigenvalue weighted by molar-refractivity contribution is -0.139. The first kappa shape index (κ1) is 13.4. The van der Waals surface area contributed by atoms with Crippen molar-refractivity contribution in [3.8, 4) is 0 Å². The van der Waals surface area contributed by atoms with Crippen LogP contribution in [0.25, 0.3) is 0 Å². The normalized spacial score (nSPS) is 12.7. The summed E-state index contributed by atoms with van der Waals surface area (Å²) in [7, 11) is 0. The third-order valence-electron chi connectivity index (χ3n) is 2.11. The molecular weight excluding hydrogens is 184 g/mol. The van der Waals surface area contributed by atoms with E-state index in [-0.39, 0.29) is 13.0 Å². The molecule has 0 rings (SSSR count). The number of carbonyl (C=O) groups is 1. The number of carboxylic acids is 1. The summed E-state index contributed by atoms with van der Waals surface area (Å²) in [6.07, 6.45) is 4.44. The van der Waals surface area contributed by atoms with Crippen LogP contribution in [0.2, 0.25) is 0 Å². The Bertz CT molecular complexity index is 147. The molecule has 0 aliphatic carbocycles. The van der Waals surface area contributed by atoms with Gasteiger partial charge < -0.3 is 15.3 Å². The molecule has 84 valence electrons. The van der Waals surface area contributed by atoms with Crippen molar-refractivity contribution in [1.29, 1.82) is 0 Å². The van der Waals surface area contributed by atoms with Crippen LogP contribution in [0.5, 0.6) is 0 Å². The number of aliphatic hydroxyl groups is 2. The van der Waals surface area contributed by atoms with Gasteiger partial charge in [0.25, 0.3) is 0 Å². The molecule has 0 fully saturated rings. The molecule has 0 aromatic carbocycles. The summed E-state index contributed by atoms with van der Waals surface area (Å²) in [5.41, 5.74) is 0. The number of hydrogen-bond donors (Lipinski definition) is 3. The van der Waals surface area contributed by atoms with E-state index in [9.17, 15) is 9.90 Å². The van der Waals surface area contributed by atoms with Gasteiger partial charge in [-0.15, -0.1) is 0 Å². The highest BCUT2D eigenvalue weighted by molar-refractivity contribution is 5.67. The van der Waals surface area contributed by atoms with Crippen molar-refractivity contribution < 1.29 is 20.1 Å². The van der Waals surface area contributed by atoms with Gasteiger partial charge in [-0.25, -0.2) is 0 Å². The van der Waals surface area contributed by atoms with Crippen LogP contribution in [0.3, 0.4) is 0 Å². The van der Waals surface area contributed by atoms with Crippen LogP contribution in [0, 0.1) is 0 Å². The van der Waals surface area contributed by atoms with Crippen molar-refractivity contribution in [3.63, 3.8) is 0 Å². The Hall–Kier alpha value is -0.610. The molecule has 0 aromatic rings. The summed E-state index contributed by atoms with van der Waals surface area (Å²) in [5, 5.41) is 26.1. The first-order valence-electron chi connectivity index (χ1n) is 5.17. The molecule has 1 atom stereocenters. The molecule has 0 unspecified atom stereocenters. The van der Waals surface area contributed by atoms with Crippen molar-refractivity contribution in [1.82, 2.24) is 0 Å². The van der Waals surface area contributed by atoms with Crippen LogP contribution < -0.4 is 0 Å². The predicted octanol–water partition coefficient (Wildman–Crippen LogP) is 1.15. The second-order valence-corrected chi connectivity index (χ2v) is 3.53. The molecule has 14 heavy (non-hydrogen) atoms. The van der Waals surface area contributed by atoms with Crippen LogP contribution >= 0.6 is 0 Å². The third-order valence-corrected chi connectivity index (χ3v) is 2.11. The van der Waals surface area contributed by atoms with Gasteiger partial charge in [0.2, 0.25) is 0 Å². The van der Waals surface area contributed by atoms with Gasteiger partial charge in [0, 0.05) is 6.61 Å². The summed E-state index contributed by atoms with van der Waals surface area (Å²) in [5.74, 6) is -0.946. The topological polar surface area (TPSA) is 77.8 Å². The lowest BCUT2D eigenvalue weighted by atomic mass is 10.1. The minimum absolute atomic E-state index is 0.156. The summed E-state index contributed by atoms with van der Waals surface area (Å²) in [6, 6.07) is 0. The maximum atomic E-state index is 10.2. The van der Waals surface area contributed by atoms with E-state index >= 15 is 0 Å². The van der Waals surface area contributed by atoms with E-state index in [1.165, 1.54) is 0 Å². The molecular formula is C10H20O4. The number of hydrogen-bond acceptors (Lipinski definition) is 3. The van der Waals surface area contributed by atoms with E-state index in [0.717, 1.165) is 32.1 Å². The summed E-state index contributed by atoms with van der Waals surface area (Å²) in [6.45, 7) is 0.238. The highest BCUT2D eigenvalue weighted by Crippen LogP contribution is 2.08. The van der Waals surface area contributed by atoms with E-state index in [4.69, 9.17) is 10.2 Å². The zero-order chi connectivity index (χ0) is 10.8. The lowest BCUT2D eigenvalue weighted by Crippen LogP contribution is -2.12. The zero-order valence-corrected chi connectivity index (χ0v) is 8.48. The summed E-state index contributed by atoms with van der Waals surface area (Å²) in [4.78, 5) is 10.2. The average molecular weight is 204 g/mol. The Balaban J connectivity index is 3.14. The maximum absolute atomic E-state index is 10.2. The minimum atomic E-state index is -0.946. The van der Waals surface area contributed by atoms with Crippen molar-refractivity contribution in [3.05, 3.63) is 0 Å². The van der Waals surface area contributed by atoms with Crippen LogP contribution in [0.15, 0.2) is 0 Å². The molecule has 0 heterocycles. The maximum Gasteiger partial charge on any atom is 0.305 e. The van der Waals surface area contributed by atoms with Crippen LogP contribution in [-0.2, 0) is 4.79 Å². The Morgan fingerprint density at radius 3 is 2.21 bits per heavy atom. The first-order valence-corrected chi connectivity index (χ1v) is 5.17. The quantitative estimate of drug-likeness (QED) is 0.492. The van der Waals surface area contributed by atoms with Crippen molar-refractivity contribution in [2.24, 2.45) is 0 Å². The highest BCUT2D eigenvalue weighted by Gasteiger charge is 2.08. The minimum Gasteiger partial charge on any atom is -0.481 e. The molecule has 0 radical (unpaired) electrons. The largest absolute Gasteiger partial charge is 0.481 e. The van der Waals surface area contributed by atoms with E-state index in [0.29, 0.717) is 6.42 Å². The molecule has 0 spiro atoms. The van der Waals surface area contributed by atoms with Gasteiger partial charge in [-0.3, -0.25) is 4.79 Å². The van der Waals surface area contributed by atoms with Crippen LogP contribution in [-0.4, -0.2) is 34.0 Å². The standard InChI is InChI=1S/C10H20O4/c11-7-5-3-1-2-4-6-9(12)8-10(13)14/h9,11-12H,1-8H2,(H,13,14)/t9-/m0/s1. The fourth-order valence-corrected chi connectivity index (χ4v) is 1.33. The van der Waals surface area contributed by atoms with E-state index in [1.807, 2.05) is 0 Å². The Morgan fingerprint density at radius 2 is 1.64 bits per heavy atom. The monoisotopic (exact) mass is 204 g/mol. The molecule has 0 saturated heterocycles. The Labute approximate surface area is 84.6 Å². The van der Waals surface area contributed by atoms with E-state index < -0.39 is 12.1 Å². The Morgan fingerprint density at radius 1 is 1.07 bits per heavy atom. The molecule has 4 nitrogen and oxygen atoms in total. The molecule has 0 aromatic heterocycles.